The molecule has 1 aromatic carbocycles. The third kappa shape index (κ3) is 4.05. The van der Waals surface area contributed by atoms with E-state index in [0.29, 0.717) is 16.9 Å². The zero-order valence-electron chi connectivity index (χ0n) is 15.8. The number of benzene rings is 1. The van der Waals surface area contributed by atoms with E-state index in [2.05, 4.69) is 5.32 Å². The number of nitrogens with one attached hydrogen (secondary N) is 1. The van der Waals surface area contributed by atoms with E-state index in [-0.39, 0.29) is 30.7 Å². The fourth-order valence-electron chi connectivity index (χ4n) is 3.87. The van der Waals surface area contributed by atoms with Crippen LogP contribution in [-0.4, -0.2) is 52.7 Å². The second-order valence-electron chi connectivity index (χ2n) is 7.37. The Bertz CT molecular complexity index is 797. The fourth-order valence-corrected chi connectivity index (χ4v) is 3.87. The average Bonchev–Trinajstić information content (AvgIpc) is 2.87. The summed E-state index contributed by atoms with van der Waals surface area (Å²) in [4.78, 5) is 51.1. The van der Waals surface area contributed by atoms with Gasteiger partial charge in [0.15, 0.2) is 0 Å². The van der Waals surface area contributed by atoms with Crippen LogP contribution in [0.15, 0.2) is 24.3 Å². The maximum absolute atomic E-state index is 13.6. The van der Waals surface area contributed by atoms with Crippen LogP contribution in [0.4, 0.5) is 9.18 Å². The van der Waals surface area contributed by atoms with Gasteiger partial charge < -0.3 is 5.32 Å². The largest absolute Gasteiger partial charge is 0.354 e. The van der Waals surface area contributed by atoms with E-state index in [1.54, 1.807) is 18.2 Å². The van der Waals surface area contributed by atoms with Gasteiger partial charge >= 0.3 is 17.8 Å². The maximum Gasteiger partial charge on any atom is 0.334 e. The summed E-state index contributed by atoms with van der Waals surface area (Å²) in [6, 6.07) is 5.22. The molecule has 1 aliphatic heterocycles. The Morgan fingerprint density at radius 2 is 1.86 bits per heavy atom. The molecule has 0 bridgehead atoms. The van der Waals surface area contributed by atoms with Gasteiger partial charge in [-0.15, -0.1) is 0 Å². The number of amides is 5. The molecule has 0 unspecified atom stereocenters. The quantitative estimate of drug-likeness (QED) is 0.594. The summed E-state index contributed by atoms with van der Waals surface area (Å²) in [5.41, 5.74) is 0.462. The summed E-state index contributed by atoms with van der Waals surface area (Å²) in [6.45, 7) is 1.61. The van der Waals surface area contributed by atoms with Gasteiger partial charge in [0.25, 0.3) is 0 Å². The number of carbonyl (C=O) groups excluding carboxylic acids is 4. The lowest BCUT2D eigenvalue weighted by Crippen LogP contribution is -2.47. The van der Waals surface area contributed by atoms with Crippen LogP contribution in [0.25, 0.3) is 0 Å². The van der Waals surface area contributed by atoms with E-state index in [1.807, 2.05) is 6.92 Å². The highest BCUT2D eigenvalue weighted by atomic mass is 19.1. The molecule has 2 fully saturated rings. The van der Waals surface area contributed by atoms with E-state index in [0.717, 1.165) is 24.2 Å². The minimum absolute atomic E-state index is 0.129. The molecule has 1 aliphatic carbocycles. The number of nitrogens with zero attached hydrogens (tertiary/aromatic N) is 2. The molecule has 2 aliphatic rings. The van der Waals surface area contributed by atoms with Crippen molar-refractivity contribution in [1.82, 2.24) is 15.1 Å². The molecule has 150 valence electrons. The van der Waals surface area contributed by atoms with Crippen molar-refractivity contribution in [3.63, 3.8) is 0 Å². The van der Waals surface area contributed by atoms with E-state index < -0.39 is 30.3 Å². The maximum atomic E-state index is 13.6. The zero-order chi connectivity index (χ0) is 20.3. The number of hydrogen-bond acceptors (Lipinski definition) is 4. The van der Waals surface area contributed by atoms with Gasteiger partial charge in [0.2, 0.25) is 5.91 Å². The van der Waals surface area contributed by atoms with Crippen LogP contribution < -0.4 is 5.32 Å². The lowest BCUT2D eigenvalue weighted by atomic mass is 9.85. The number of urea groups is 1. The molecule has 1 aromatic rings. The molecule has 1 saturated carbocycles. The molecule has 5 amide bonds. The van der Waals surface area contributed by atoms with Crippen molar-refractivity contribution in [2.24, 2.45) is 5.92 Å². The third-order valence-corrected chi connectivity index (χ3v) is 5.46. The SMILES string of the molecule is C[C@@H]1CCCC[C@H]1N1C(=O)C(=O)N(CC(=O)NCCc2ccccc2F)C1=O. The lowest BCUT2D eigenvalue weighted by Gasteiger charge is -2.34. The average molecular weight is 389 g/mol. The van der Waals surface area contributed by atoms with Crippen LogP contribution in [0.1, 0.15) is 38.2 Å². The molecule has 0 radical (unpaired) electrons. The standard InChI is InChI=1S/C20H24FN3O4/c1-13-6-2-5-9-16(13)24-19(27)18(26)23(20(24)28)12-17(25)22-11-10-14-7-3-4-8-15(14)21/h3-4,7-8,13,16H,2,5-6,9-12H2,1H3,(H,22,25)/t13-,16-/m1/s1. The molecule has 8 heteroatoms. The van der Waals surface area contributed by atoms with Crippen molar-refractivity contribution < 1.29 is 23.6 Å². The van der Waals surface area contributed by atoms with E-state index in [4.69, 9.17) is 0 Å². The van der Waals surface area contributed by atoms with Gasteiger partial charge in [0.1, 0.15) is 12.4 Å². The number of hydrogen-bond donors (Lipinski definition) is 1. The first-order valence-corrected chi connectivity index (χ1v) is 9.59. The summed E-state index contributed by atoms with van der Waals surface area (Å²) >= 11 is 0. The van der Waals surface area contributed by atoms with Crippen LogP contribution in [0.2, 0.25) is 0 Å². The summed E-state index contributed by atoms with van der Waals surface area (Å²) < 4.78 is 13.6. The van der Waals surface area contributed by atoms with Crippen molar-refractivity contribution in [3.8, 4) is 0 Å². The Kier molecular flexibility index (Phi) is 6.06. The topological polar surface area (TPSA) is 86.8 Å². The number of halogens is 1. The molecule has 7 nitrogen and oxygen atoms in total. The molecule has 28 heavy (non-hydrogen) atoms. The fraction of sp³-hybridized carbons (Fsp3) is 0.500. The number of rotatable bonds is 6. The highest BCUT2D eigenvalue weighted by molar-refractivity contribution is 6.45. The number of imide groups is 2. The predicted molar refractivity (Wildman–Crippen MR) is 98.5 cm³/mol. The molecule has 0 aromatic heterocycles. The second kappa shape index (κ2) is 8.50. The number of carbonyl (C=O) groups is 4. The first-order chi connectivity index (χ1) is 13.4. The summed E-state index contributed by atoms with van der Waals surface area (Å²) in [5.74, 6) is -2.62. The van der Waals surface area contributed by atoms with Crippen molar-refractivity contribution in [1.29, 1.82) is 0 Å². The summed E-state index contributed by atoms with van der Waals surface area (Å²) in [7, 11) is 0. The van der Waals surface area contributed by atoms with Gasteiger partial charge in [-0.1, -0.05) is 38.0 Å². The van der Waals surface area contributed by atoms with Crippen LogP contribution in [0.3, 0.4) is 0 Å². The van der Waals surface area contributed by atoms with Gasteiger partial charge in [-0.25, -0.2) is 14.1 Å². The van der Waals surface area contributed by atoms with Crippen LogP contribution in [0.5, 0.6) is 0 Å². The Hall–Kier alpha value is -2.77. The van der Waals surface area contributed by atoms with Gasteiger partial charge in [0, 0.05) is 12.6 Å². The van der Waals surface area contributed by atoms with E-state index >= 15 is 0 Å². The Labute approximate surface area is 162 Å². The molecule has 1 N–H and O–H groups in total. The molecular weight excluding hydrogens is 365 g/mol. The van der Waals surface area contributed by atoms with Crippen molar-refractivity contribution in [2.75, 3.05) is 13.1 Å². The first kappa shape index (κ1) is 20.0. The highest BCUT2D eigenvalue weighted by Gasteiger charge is 2.49. The van der Waals surface area contributed by atoms with E-state index in [9.17, 15) is 23.6 Å². The minimum atomic E-state index is -0.966. The van der Waals surface area contributed by atoms with Crippen molar-refractivity contribution in [2.45, 2.75) is 45.1 Å². The Balaban J connectivity index is 1.56. The predicted octanol–water partition coefficient (Wildman–Crippen LogP) is 1.85. The summed E-state index contributed by atoms with van der Waals surface area (Å²) in [5, 5.41) is 2.56. The van der Waals surface area contributed by atoms with Crippen LogP contribution in [-0.2, 0) is 20.8 Å². The monoisotopic (exact) mass is 389 g/mol. The van der Waals surface area contributed by atoms with Gasteiger partial charge in [0.05, 0.1) is 0 Å². The minimum Gasteiger partial charge on any atom is -0.354 e. The molecule has 1 saturated heterocycles. The van der Waals surface area contributed by atoms with Crippen LogP contribution in [0, 0.1) is 11.7 Å². The van der Waals surface area contributed by atoms with Crippen molar-refractivity contribution >= 4 is 23.8 Å². The summed E-state index contributed by atoms with van der Waals surface area (Å²) in [6.07, 6.45) is 3.79. The normalized spacial score (nSPS) is 22.7. The smallest absolute Gasteiger partial charge is 0.334 e. The first-order valence-electron chi connectivity index (χ1n) is 9.59. The van der Waals surface area contributed by atoms with Crippen molar-refractivity contribution in [3.05, 3.63) is 35.6 Å². The molecule has 3 rings (SSSR count). The molecule has 1 heterocycles. The highest BCUT2D eigenvalue weighted by Crippen LogP contribution is 2.31. The second-order valence-corrected chi connectivity index (χ2v) is 7.37. The third-order valence-electron chi connectivity index (χ3n) is 5.46. The zero-order valence-corrected chi connectivity index (χ0v) is 15.8. The Morgan fingerprint density at radius 1 is 1.14 bits per heavy atom. The van der Waals surface area contributed by atoms with Crippen LogP contribution >= 0.6 is 0 Å². The Morgan fingerprint density at radius 3 is 2.57 bits per heavy atom. The van der Waals surface area contributed by atoms with E-state index in [1.165, 1.54) is 6.07 Å². The molecule has 2 atom stereocenters. The van der Waals surface area contributed by atoms with Gasteiger partial charge in [-0.2, -0.15) is 0 Å². The molecular formula is C20H24FN3O4. The lowest BCUT2D eigenvalue weighted by molar-refractivity contribution is -0.145. The van der Waals surface area contributed by atoms with Gasteiger partial charge in [-0.3, -0.25) is 19.3 Å². The molecule has 0 spiro atoms. The van der Waals surface area contributed by atoms with Gasteiger partial charge in [-0.05, 0) is 36.8 Å².